The Morgan fingerprint density at radius 1 is 0.891 bits per heavy atom. The number of allylic oxidation sites excluding steroid dienone is 1. The van der Waals surface area contributed by atoms with Crippen LogP contribution in [0.2, 0.25) is 0 Å². The summed E-state index contributed by atoms with van der Waals surface area (Å²) < 4.78 is 161. The molecule has 0 spiro atoms. The number of aliphatic hydroxyl groups is 1. The fraction of sp³-hybridized carbons (Fsp3) is 0.343. The van der Waals surface area contributed by atoms with Gasteiger partial charge in [0.2, 0.25) is 12.0 Å². The first-order chi connectivity index (χ1) is 25.6. The normalized spacial score (nSPS) is 21.0. The first-order valence-electron chi connectivity index (χ1n) is 16.1. The second-order valence-electron chi connectivity index (χ2n) is 12.6. The fourth-order valence-electron chi connectivity index (χ4n) is 6.98. The van der Waals surface area contributed by atoms with Gasteiger partial charge in [-0.15, -0.1) is 0 Å². The molecule has 5 atom stereocenters. The van der Waals surface area contributed by atoms with E-state index in [1.807, 2.05) is 0 Å². The molecule has 2 saturated carbocycles. The van der Waals surface area contributed by atoms with E-state index in [0.29, 0.717) is 30.3 Å². The topological polar surface area (TPSA) is 140 Å². The number of fused-ring (bicyclic) bond motifs is 2. The number of nitrogens with one attached hydrogen (secondary N) is 2. The lowest BCUT2D eigenvalue weighted by Gasteiger charge is -2.30. The summed E-state index contributed by atoms with van der Waals surface area (Å²) in [5, 5.41) is 14.0. The van der Waals surface area contributed by atoms with Gasteiger partial charge >= 0.3 is 24.6 Å². The lowest BCUT2D eigenvalue weighted by atomic mass is 9.83. The number of amides is 3. The van der Waals surface area contributed by atoms with Crippen LogP contribution in [0, 0.1) is 29.4 Å². The van der Waals surface area contributed by atoms with Gasteiger partial charge < -0.3 is 30.9 Å². The van der Waals surface area contributed by atoms with Crippen LogP contribution in [-0.4, -0.2) is 54.6 Å². The van der Waals surface area contributed by atoms with Gasteiger partial charge in [0.05, 0.1) is 23.7 Å². The highest BCUT2D eigenvalue weighted by Crippen LogP contribution is 2.54. The minimum Gasteiger partial charge on any atom is -0.490 e. The quantitative estimate of drug-likeness (QED) is 0.123. The zero-order valence-electron chi connectivity index (χ0n) is 27.7. The van der Waals surface area contributed by atoms with Crippen molar-refractivity contribution in [2.45, 2.75) is 43.5 Å². The average molecular weight is 796 g/mol. The van der Waals surface area contributed by atoms with E-state index in [0.717, 1.165) is 24.3 Å². The van der Waals surface area contributed by atoms with Gasteiger partial charge in [-0.2, -0.15) is 39.5 Å². The standard InChI is InChI=1S/C35H28F11N3O6/c36-24-6-1-16(29(35(44,45)46)55-32(47)53)12-20(24)15-2-8-26(54-10-9-50)21(11-15)30(51)49-28-19-5-4-18(22(19)14-33(38,39)40)27(28)31(52)48-17-3-7-25(37)23(13-17)34(41,42)43/h1-3,6-8,11-14,18-19,27-29,50H,4-5,9-10H2,(H2,47,53)(H,48,52)(H,49,51)/b22-14-/t18?,19?,27-,28?,29?/m0/s1. The summed E-state index contributed by atoms with van der Waals surface area (Å²) in [4.78, 5) is 38.8. The molecule has 3 amide bonds. The maximum absolute atomic E-state index is 15.1. The van der Waals surface area contributed by atoms with Crippen LogP contribution in [0.15, 0.2) is 66.2 Å². The maximum atomic E-state index is 15.1. The molecular weight excluding hydrogens is 767 g/mol. The molecule has 2 fully saturated rings. The predicted octanol–water partition coefficient (Wildman–Crippen LogP) is 7.60. The second-order valence-corrected chi connectivity index (χ2v) is 12.6. The minimum absolute atomic E-state index is 0.0165. The Morgan fingerprint density at radius 3 is 2.18 bits per heavy atom. The summed E-state index contributed by atoms with van der Waals surface area (Å²) >= 11 is 0. The van der Waals surface area contributed by atoms with Gasteiger partial charge in [-0.25, -0.2) is 13.6 Å². The summed E-state index contributed by atoms with van der Waals surface area (Å²) in [6.45, 7) is -1.01. The van der Waals surface area contributed by atoms with Crippen LogP contribution in [0.3, 0.4) is 0 Å². The van der Waals surface area contributed by atoms with Crippen LogP contribution in [0.4, 0.5) is 58.8 Å². The number of ether oxygens (including phenoxy) is 2. The lowest BCUT2D eigenvalue weighted by molar-refractivity contribution is -0.205. The number of primary amides is 1. The monoisotopic (exact) mass is 795 g/mol. The van der Waals surface area contributed by atoms with E-state index in [9.17, 15) is 63.4 Å². The van der Waals surface area contributed by atoms with Crippen LogP contribution in [0.1, 0.15) is 40.4 Å². The highest BCUT2D eigenvalue weighted by molar-refractivity contribution is 6.00. The van der Waals surface area contributed by atoms with Crippen LogP contribution in [-0.2, 0) is 15.7 Å². The van der Waals surface area contributed by atoms with E-state index in [-0.39, 0.29) is 35.8 Å². The molecule has 4 unspecified atom stereocenters. The van der Waals surface area contributed by atoms with Crippen molar-refractivity contribution in [3.8, 4) is 16.9 Å². The number of aliphatic hydroxyl groups excluding tert-OH is 1. The van der Waals surface area contributed by atoms with Gasteiger partial charge in [0.1, 0.15) is 24.0 Å². The van der Waals surface area contributed by atoms with Gasteiger partial charge in [0.15, 0.2) is 0 Å². The predicted molar refractivity (Wildman–Crippen MR) is 169 cm³/mol. The number of carbonyl (C=O) groups is 3. The van der Waals surface area contributed by atoms with Gasteiger partial charge in [-0.05, 0) is 66.8 Å². The summed E-state index contributed by atoms with van der Waals surface area (Å²) in [5.41, 5.74) is 0.202. The molecule has 2 aliphatic rings. The molecule has 5 N–H and O–H groups in total. The number of benzene rings is 3. The number of halogens is 11. The van der Waals surface area contributed by atoms with Crippen LogP contribution in [0.25, 0.3) is 11.1 Å². The van der Waals surface area contributed by atoms with Crippen molar-refractivity contribution in [3.63, 3.8) is 0 Å². The molecular formula is C35H28F11N3O6. The number of carbonyl (C=O) groups excluding carboxylic acids is 3. The van der Waals surface area contributed by atoms with Crippen molar-refractivity contribution < 1.29 is 77.3 Å². The fourth-order valence-corrected chi connectivity index (χ4v) is 6.98. The second kappa shape index (κ2) is 15.4. The van der Waals surface area contributed by atoms with Gasteiger partial charge in [0.25, 0.3) is 5.91 Å². The molecule has 20 heteroatoms. The average Bonchev–Trinajstić information content (AvgIpc) is 3.59. The summed E-state index contributed by atoms with van der Waals surface area (Å²) in [7, 11) is 0. The Hall–Kier alpha value is -5.40. The first-order valence-corrected chi connectivity index (χ1v) is 16.1. The highest BCUT2D eigenvalue weighted by atomic mass is 19.4. The molecule has 3 aromatic carbocycles. The molecule has 2 bridgehead atoms. The Morgan fingerprint density at radius 2 is 1.56 bits per heavy atom. The van der Waals surface area contributed by atoms with Crippen molar-refractivity contribution >= 4 is 23.6 Å². The zero-order chi connectivity index (χ0) is 40.6. The molecule has 0 saturated heterocycles. The molecule has 2 aliphatic carbocycles. The van der Waals surface area contributed by atoms with Crippen molar-refractivity contribution in [2.24, 2.45) is 23.5 Å². The Balaban J connectivity index is 1.53. The smallest absolute Gasteiger partial charge is 0.429 e. The molecule has 3 aromatic rings. The summed E-state index contributed by atoms with van der Waals surface area (Å²) in [5.74, 6) is -9.09. The SMILES string of the molecule is NC(=O)OC(c1ccc(F)c(-c2ccc(OCCO)c(C(=O)NC3C4CCC(/C4=C/C(F)(F)F)[C@@H]3C(=O)Nc3ccc(F)c(C(F)(F)F)c3)c2)c1)C(F)(F)F. The molecule has 0 radical (unpaired) electrons. The van der Waals surface area contributed by atoms with E-state index in [1.165, 1.54) is 0 Å². The van der Waals surface area contributed by atoms with Crippen molar-refractivity contribution in [3.05, 3.63) is 94.6 Å². The van der Waals surface area contributed by atoms with Gasteiger partial charge in [-0.3, -0.25) is 9.59 Å². The van der Waals surface area contributed by atoms with Crippen molar-refractivity contribution in [1.82, 2.24) is 5.32 Å². The van der Waals surface area contributed by atoms with Crippen LogP contribution in [0.5, 0.6) is 5.75 Å². The number of hydrogen-bond donors (Lipinski definition) is 4. The highest BCUT2D eigenvalue weighted by Gasteiger charge is 2.56. The number of hydrogen-bond acceptors (Lipinski definition) is 6. The third kappa shape index (κ3) is 9.12. The number of nitrogens with two attached hydrogens (primary N) is 1. The largest absolute Gasteiger partial charge is 0.490 e. The summed E-state index contributed by atoms with van der Waals surface area (Å²) in [6, 6.07) is 5.22. The molecule has 0 aromatic heterocycles. The number of anilines is 1. The summed E-state index contributed by atoms with van der Waals surface area (Å²) in [6.07, 6.45) is -19.9. The van der Waals surface area contributed by atoms with E-state index < -0.39 is 119 Å². The minimum atomic E-state index is -5.20. The Labute approximate surface area is 303 Å². The van der Waals surface area contributed by atoms with Gasteiger partial charge in [-0.1, -0.05) is 17.7 Å². The molecule has 5 rings (SSSR count). The van der Waals surface area contributed by atoms with E-state index >= 15 is 4.39 Å². The first kappa shape index (κ1) is 40.8. The molecule has 55 heavy (non-hydrogen) atoms. The third-order valence-electron chi connectivity index (χ3n) is 9.08. The van der Waals surface area contributed by atoms with E-state index in [1.54, 1.807) is 0 Å². The molecule has 0 aliphatic heterocycles. The van der Waals surface area contributed by atoms with E-state index in [4.69, 9.17) is 10.5 Å². The van der Waals surface area contributed by atoms with Crippen molar-refractivity contribution in [1.29, 1.82) is 0 Å². The Bertz CT molecular complexity index is 2000. The lowest BCUT2D eigenvalue weighted by Crippen LogP contribution is -2.48. The van der Waals surface area contributed by atoms with E-state index in [2.05, 4.69) is 15.4 Å². The maximum Gasteiger partial charge on any atom is 0.429 e. The zero-order valence-corrected chi connectivity index (χ0v) is 27.7. The van der Waals surface area contributed by atoms with Crippen molar-refractivity contribution in [2.75, 3.05) is 18.5 Å². The molecule has 296 valence electrons. The molecule has 9 nitrogen and oxygen atoms in total. The van der Waals surface area contributed by atoms with Gasteiger partial charge in [0, 0.05) is 34.9 Å². The Kier molecular flexibility index (Phi) is 11.4. The third-order valence-corrected chi connectivity index (χ3v) is 9.08. The number of alkyl halides is 9. The van der Waals surface area contributed by atoms with Crippen LogP contribution >= 0.6 is 0 Å². The number of rotatable bonds is 10. The molecule has 0 heterocycles. The van der Waals surface area contributed by atoms with Crippen LogP contribution < -0.4 is 21.1 Å².